The van der Waals surface area contributed by atoms with Gasteiger partial charge in [0.2, 0.25) is 0 Å². The number of carbonyl (C=O) groups excluding carboxylic acids is 1. The molecule has 2 aromatic rings. The summed E-state index contributed by atoms with van der Waals surface area (Å²) < 4.78 is 1.78. The number of nitriles is 1. The molecule has 0 bridgehead atoms. The van der Waals surface area contributed by atoms with Crippen LogP contribution in [-0.4, -0.2) is 33.2 Å². The van der Waals surface area contributed by atoms with E-state index in [-0.39, 0.29) is 17.4 Å². The lowest BCUT2D eigenvalue weighted by Crippen LogP contribution is -2.51. The molecule has 0 saturated carbocycles. The third-order valence-corrected chi connectivity index (χ3v) is 4.76. The summed E-state index contributed by atoms with van der Waals surface area (Å²) in [6.45, 7) is 6.70. The zero-order valence-corrected chi connectivity index (χ0v) is 14.4. The Kier molecular flexibility index (Phi) is 4.15. The first-order valence-corrected chi connectivity index (χ1v) is 8.26. The molecule has 1 aliphatic rings. The molecule has 0 N–H and O–H groups in total. The Balaban J connectivity index is 1.83. The van der Waals surface area contributed by atoms with Crippen molar-refractivity contribution >= 4 is 5.91 Å². The number of benzene rings is 1. The number of aryl methyl sites for hydroxylation is 1. The molecule has 1 aromatic heterocycles. The van der Waals surface area contributed by atoms with Gasteiger partial charge in [0.05, 0.1) is 17.5 Å². The van der Waals surface area contributed by atoms with Crippen molar-refractivity contribution in [3.8, 4) is 11.8 Å². The Morgan fingerprint density at radius 1 is 1.29 bits per heavy atom. The highest BCUT2D eigenvalue weighted by Gasteiger charge is 2.40. The second kappa shape index (κ2) is 6.12. The van der Waals surface area contributed by atoms with E-state index >= 15 is 0 Å². The van der Waals surface area contributed by atoms with Crippen LogP contribution < -0.4 is 0 Å². The molecule has 1 unspecified atom stereocenters. The van der Waals surface area contributed by atoms with Gasteiger partial charge < -0.3 is 4.90 Å². The van der Waals surface area contributed by atoms with Gasteiger partial charge >= 0.3 is 0 Å². The van der Waals surface area contributed by atoms with Gasteiger partial charge in [0.1, 0.15) is 6.04 Å². The molecule has 1 aromatic carbocycles. The van der Waals surface area contributed by atoms with E-state index in [0.29, 0.717) is 12.1 Å². The molecule has 1 saturated heterocycles. The predicted molar refractivity (Wildman–Crippen MR) is 91.8 cm³/mol. The topological polar surface area (TPSA) is 61.9 Å². The lowest BCUT2D eigenvalue weighted by molar-refractivity contribution is 0.0438. The van der Waals surface area contributed by atoms with Gasteiger partial charge in [-0.2, -0.15) is 10.4 Å². The van der Waals surface area contributed by atoms with Gasteiger partial charge in [0, 0.05) is 18.3 Å². The molecule has 5 heteroatoms. The summed E-state index contributed by atoms with van der Waals surface area (Å²) in [7, 11) is 0. The minimum absolute atomic E-state index is 0.0717. The van der Waals surface area contributed by atoms with Crippen molar-refractivity contribution in [1.82, 2.24) is 14.7 Å². The van der Waals surface area contributed by atoms with Crippen LogP contribution in [0.25, 0.3) is 5.69 Å². The van der Waals surface area contributed by atoms with E-state index < -0.39 is 0 Å². The van der Waals surface area contributed by atoms with Crippen LogP contribution >= 0.6 is 0 Å². The highest BCUT2D eigenvalue weighted by molar-refractivity contribution is 5.95. The molecule has 124 valence electrons. The second-order valence-electron chi connectivity index (χ2n) is 7.07. The summed E-state index contributed by atoms with van der Waals surface area (Å²) in [5, 5.41) is 13.9. The number of hydrogen-bond donors (Lipinski definition) is 0. The molecule has 24 heavy (non-hydrogen) atoms. The van der Waals surface area contributed by atoms with Crippen LogP contribution in [0.5, 0.6) is 0 Å². The first-order chi connectivity index (χ1) is 11.4. The number of rotatable bonds is 2. The number of likely N-dealkylation sites (tertiary alicyclic amines) is 1. The van der Waals surface area contributed by atoms with Gasteiger partial charge in [-0.3, -0.25) is 4.79 Å². The quantitative estimate of drug-likeness (QED) is 0.852. The van der Waals surface area contributed by atoms with Crippen LogP contribution in [0.3, 0.4) is 0 Å². The van der Waals surface area contributed by atoms with Gasteiger partial charge in [0.15, 0.2) is 0 Å². The van der Waals surface area contributed by atoms with Gasteiger partial charge in [-0.25, -0.2) is 4.68 Å². The number of carbonyl (C=O) groups is 1. The fourth-order valence-corrected chi connectivity index (χ4v) is 3.34. The standard InChI is InChI=1S/C19H22N4O/c1-14-9-12-23(21-14)16-7-5-15(6-8-16)18(24)22-11-4-10-19(2,3)17(22)13-20/h5-9,12,17H,4,10-11H2,1-3H3. The average Bonchev–Trinajstić information content (AvgIpc) is 3.00. The number of piperidine rings is 1. The molecule has 1 amide bonds. The lowest BCUT2D eigenvalue weighted by Gasteiger charge is -2.42. The van der Waals surface area contributed by atoms with Crippen molar-refractivity contribution in [1.29, 1.82) is 5.26 Å². The van der Waals surface area contributed by atoms with Crippen LogP contribution in [0.1, 0.15) is 42.7 Å². The number of nitrogens with zero attached hydrogens (tertiary/aromatic N) is 4. The summed E-state index contributed by atoms with van der Waals surface area (Å²) >= 11 is 0. The molecule has 3 rings (SSSR count). The Morgan fingerprint density at radius 3 is 2.58 bits per heavy atom. The van der Waals surface area contributed by atoms with E-state index in [1.807, 2.05) is 43.5 Å². The Bertz CT molecular complexity index is 782. The fourth-order valence-electron chi connectivity index (χ4n) is 3.34. The summed E-state index contributed by atoms with van der Waals surface area (Å²) in [6.07, 6.45) is 3.79. The molecule has 5 nitrogen and oxygen atoms in total. The van der Waals surface area contributed by atoms with Crippen molar-refractivity contribution in [2.45, 2.75) is 39.7 Å². The predicted octanol–water partition coefficient (Wildman–Crippen LogP) is 3.34. The van der Waals surface area contributed by atoms with E-state index in [4.69, 9.17) is 0 Å². The highest BCUT2D eigenvalue weighted by Crippen LogP contribution is 2.35. The monoisotopic (exact) mass is 322 g/mol. The second-order valence-corrected chi connectivity index (χ2v) is 7.07. The minimum atomic E-state index is -0.382. The van der Waals surface area contributed by atoms with Crippen LogP contribution in [0, 0.1) is 23.7 Å². The third kappa shape index (κ3) is 2.92. The third-order valence-electron chi connectivity index (χ3n) is 4.76. The summed E-state index contributed by atoms with van der Waals surface area (Å²) in [6, 6.07) is 11.3. The van der Waals surface area contributed by atoms with Gasteiger partial charge in [-0.05, 0) is 55.5 Å². The molecule has 1 aliphatic heterocycles. The largest absolute Gasteiger partial charge is 0.322 e. The molecule has 1 fully saturated rings. The lowest BCUT2D eigenvalue weighted by atomic mass is 9.77. The molecule has 2 heterocycles. The summed E-state index contributed by atoms with van der Waals surface area (Å²) in [5.74, 6) is -0.0717. The molecule has 0 aliphatic carbocycles. The van der Waals surface area contributed by atoms with Gasteiger partial charge in [-0.15, -0.1) is 0 Å². The van der Waals surface area contributed by atoms with E-state index in [9.17, 15) is 10.1 Å². The van der Waals surface area contributed by atoms with Crippen LogP contribution in [0.2, 0.25) is 0 Å². The molecule has 0 spiro atoms. The maximum absolute atomic E-state index is 12.9. The Labute approximate surface area is 142 Å². The smallest absolute Gasteiger partial charge is 0.254 e. The van der Waals surface area contributed by atoms with Crippen molar-refractivity contribution in [3.63, 3.8) is 0 Å². The van der Waals surface area contributed by atoms with E-state index in [1.165, 1.54) is 0 Å². The summed E-state index contributed by atoms with van der Waals surface area (Å²) in [4.78, 5) is 14.6. The van der Waals surface area contributed by atoms with Crippen molar-refractivity contribution in [3.05, 3.63) is 47.8 Å². The average molecular weight is 322 g/mol. The fraction of sp³-hybridized carbons (Fsp3) is 0.421. The minimum Gasteiger partial charge on any atom is -0.322 e. The van der Waals surface area contributed by atoms with Crippen molar-refractivity contribution in [2.75, 3.05) is 6.54 Å². The first kappa shape index (κ1) is 16.3. The first-order valence-electron chi connectivity index (χ1n) is 8.26. The molecular formula is C19H22N4O. The molecule has 1 atom stereocenters. The zero-order chi connectivity index (χ0) is 17.3. The Morgan fingerprint density at radius 2 is 2.00 bits per heavy atom. The van der Waals surface area contributed by atoms with E-state index in [2.05, 4.69) is 25.0 Å². The maximum atomic E-state index is 12.9. The highest BCUT2D eigenvalue weighted by atomic mass is 16.2. The van der Waals surface area contributed by atoms with Crippen molar-refractivity contribution < 1.29 is 4.79 Å². The SMILES string of the molecule is Cc1ccn(-c2ccc(C(=O)N3CCCC(C)(C)C3C#N)cc2)n1. The number of aromatic nitrogens is 2. The molecular weight excluding hydrogens is 300 g/mol. The van der Waals surface area contributed by atoms with E-state index in [0.717, 1.165) is 24.2 Å². The molecule has 0 radical (unpaired) electrons. The summed E-state index contributed by atoms with van der Waals surface area (Å²) in [5.41, 5.74) is 2.30. The van der Waals surface area contributed by atoms with Crippen LogP contribution in [0.4, 0.5) is 0 Å². The van der Waals surface area contributed by atoms with E-state index in [1.54, 1.807) is 9.58 Å². The maximum Gasteiger partial charge on any atom is 0.254 e. The normalized spacial score (nSPS) is 19.8. The number of hydrogen-bond acceptors (Lipinski definition) is 3. The number of amides is 1. The Hall–Kier alpha value is -2.61. The van der Waals surface area contributed by atoms with Crippen LogP contribution in [0.15, 0.2) is 36.5 Å². The van der Waals surface area contributed by atoms with Gasteiger partial charge in [0.25, 0.3) is 5.91 Å². The zero-order valence-electron chi connectivity index (χ0n) is 14.4. The van der Waals surface area contributed by atoms with Gasteiger partial charge in [-0.1, -0.05) is 13.8 Å². The van der Waals surface area contributed by atoms with Crippen LogP contribution in [-0.2, 0) is 0 Å². The van der Waals surface area contributed by atoms with Crippen molar-refractivity contribution in [2.24, 2.45) is 5.41 Å².